The summed E-state index contributed by atoms with van der Waals surface area (Å²) in [7, 11) is 0. The summed E-state index contributed by atoms with van der Waals surface area (Å²) in [4.78, 5) is 11.7. The Balaban J connectivity index is 2.26. The van der Waals surface area contributed by atoms with E-state index in [0.717, 1.165) is 25.7 Å². The highest BCUT2D eigenvalue weighted by molar-refractivity contribution is 5.93. The van der Waals surface area contributed by atoms with Gasteiger partial charge in [0.25, 0.3) is 0 Å². The lowest BCUT2D eigenvalue weighted by molar-refractivity contribution is 0.0950. The van der Waals surface area contributed by atoms with Gasteiger partial charge >= 0.3 is 0 Å². The van der Waals surface area contributed by atoms with E-state index in [1.54, 1.807) is 12.1 Å². The van der Waals surface area contributed by atoms with Gasteiger partial charge in [-0.3, -0.25) is 4.79 Å². The Bertz CT molecular complexity index is 341. The molecule has 0 radical (unpaired) electrons. The van der Waals surface area contributed by atoms with E-state index in [9.17, 15) is 4.79 Å². The van der Waals surface area contributed by atoms with Crippen molar-refractivity contribution < 1.29 is 9.21 Å². The van der Waals surface area contributed by atoms with Gasteiger partial charge in [-0.2, -0.15) is 0 Å². The number of nitrogens with two attached hydrogens (primary N) is 1. The average Bonchev–Trinajstić information content (AvgIpc) is 2.77. The summed E-state index contributed by atoms with van der Waals surface area (Å²) >= 11 is 0. The van der Waals surface area contributed by atoms with Gasteiger partial charge in [0, 0.05) is 6.42 Å². The molecular weight excluding hydrogens is 202 g/mol. The second-order valence-electron chi connectivity index (χ2n) is 3.78. The maximum Gasteiger partial charge on any atom is 0.197 e. The normalized spacial score (nSPS) is 10.3. The number of hydrogen-bond donors (Lipinski definition) is 1. The van der Waals surface area contributed by atoms with Crippen LogP contribution in [0.15, 0.2) is 29.2 Å². The smallest absolute Gasteiger partial charge is 0.197 e. The molecule has 1 rings (SSSR count). The fourth-order valence-corrected chi connectivity index (χ4v) is 1.51. The van der Waals surface area contributed by atoms with Crippen molar-refractivity contribution in [2.24, 2.45) is 5.73 Å². The summed E-state index contributed by atoms with van der Waals surface area (Å²) in [5.41, 5.74) is 5.40. The van der Waals surface area contributed by atoms with Crippen molar-refractivity contribution in [3.63, 3.8) is 0 Å². The van der Waals surface area contributed by atoms with Gasteiger partial charge in [-0.05, 0) is 31.4 Å². The number of unbranched alkanes of at least 4 members (excludes halogenated alkanes) is 3. The van der Waals surface area contributed by atoms with E-state index in [1.165, 1.54) is 0 Å². The zero-order chi connectivity index (χ0) is 11.8. The van der Waals surface area contributed by atoms with Gasteiger partial charge in [-0.1, -0.05) is 12.5 Å². The second kappa shape index (κ2) is 7.01. The number of carbonyl (C=O) groups excluding carboxylic acids is 1. The van der Waals surface area contributed by atoms with Crippen molar-refractivity contribution in [2.75, 3.05) is 0 Å². The molecule has 16 heavy (non-hydrogen) atoms. The molecule has 0 aromatic carbocycles. The number of hydrogen-bond acceptors (Lipinski definition) is 3. The lowest BCUT2D eigenvalue weighted by Crippen LogP contribution is -1.97. The van der Waals surface area contributed by atoms with Crippen LogP contribution in [0.25, 0.3) is 0 Å². The number of carbonyl (C=O) groups is 1. The first-order chi connectivity index (χ1) is 7.77. The first kappa shape index (κ1) is 12.7. The molecule has 0 saturated heterocycles. The van der Waals surface area contributed by atoms with Crippen LogP contribution in [0.5, 0.6) is 0 Å². The highest BCUT2D eigenvalue weighted by Gasteiger charge is 2.09. The molecule has 0 atom stereocenters. The Hall–Kier alpha value is -1.35. The molecule has 3 heteroatoms. The van der Waals surface area contributed by atoms with Gasteiger partial charge in [-0.15, -0.1) is 6.58 Å². The van der Waals surface area contributed by atoms with Gasteiger partial charge in [0.05, 0.1) is 6.54 Å². The Morgan fingerprint density at radius 1 is 1.38 bits per heavy atom. The van der Waals surface area contributed by atoms with Gasteiger partial charge in [0.2, 0.25) is 0 Å². The zero-order valence-corrected chi connectivity index (χ0v) is 9.58. The maximum atomic E-state index is 11.7. The molecule has 0 bridgehead atoms. The molecular formula is C13H19NO2. The molecule has 0 aliphatic rings. The van der Waals surface area contributed by atoms with Crippen molar-refractivity contribution in [1.29, 1.82) is 0 Å². The molecule has 3 nitrogen and oxygen atoms in total. The summed E-state index contributed by atoms with van der Waals surface area (Å²) in [6, 6.07) is 3.46. The summed E-state index contributed by atoms with van der Waals surface area (Å²) in [6.07, 6.45) is 6.54. The van der Waals surface area contributed by atoms with Crippen LogP contribution in [0.2, 0.25) is 0 Å². The van der Waals surface area contributed by atoms with Crippen molar-refractivity contribution in [1.82, 2.24) is 0 Å². The molecule has 0 unspecified atom stereocenters. The van der Waals surface area contributed by atoms with Crippen LogP contribution in [0, 0.1) is 0 Å². The molecule has 0 spiro atoms. The van der Waals surface area contributed by atoms with Gasteiger partial charge in [0.1, 0.15) is 5.76 Å². The standard InChI is InChI=1S/C13H19NO2/c1-2-3-4-5-6-7-12(15)13-9-8-11(10-14)16-13/h2,8-9H,1,3-7,10,14H2. The van der Waals surface area contributed by atoms with Crippen LogP contribution in [-0.4, -0.2) is 5.78 Å². The minimum atomic E-state index is 0.0679. The number of ketones is 1. The van der Waals surface area contributed by atoms with Gasteiger partial charge in [-0.25, -0.2) is 0 Å². The molecule has 1 aromatic heterocycles. The fraction of sp³-hybridized carbons (Fsp3) is 0.462. The van der Waals surface area contributed by atoms with Crippen molar-refractivity contribution in [2.45, 2.75) is 38.6 Å². The van der Waals surface area contributed by atoms with Gasteiger partial charge in [0.15, 0.2) is 11.5 Å². The predicted octanol–water partition coefficient (Wildman–Crippen LogP) is 3.06. The zero-order valence-electron chi connectivity index (χ0n) is 9.58. The quantitative estimate of drug-likeness (QED) is 0.417. The first-order valence-corrected chi connectivity index (χ1v) is 5.70. The van der Waals surface area contributed by atoms with E-state index < -0.39 is 0 Å². The summed E-state index contributed by atoms with van der Waals surface area (Å²) < 4.78 is 5.28. The van der Waals surface area contributed by atoms with Crippen LogP contribution in [0.4, 0.5) is 0 Å². The Labute approximate surface area is 96.3 Å². The predicted molar refractivity (Wildman–Crippen MR) is 64.2 cm³/mol. The molecule has 0 amide bonds. The SMILES string of the molecule is C=CCCCCCC(=O)c1ccc(CN)o1. The second-order valence-corrected chi connectivity index (χ2v) is 3.78. The van der Waals surface area contributed by atoms with E-state index in [2.05, 4.69) is 6.58 Å². The van der Waals surface area contributed by atoms with E-state index in [4.69, 9.17) is 10.2 Å². The molecule has 0 fully saturated rings. The minimum Gasteiger partial charge on any atom is -0.457 e. The molecule has 2 N–H and O–H groups in total. The Morgan fingerprint density at radius 3 is 2.81 bits per heavy atom. The maximum absolute atomic E-state index is 11.7. The van der Waals surface area contributed by atoms with Crippen LogP contribution in [0.3, 0.4) is 0 Å². The van der Waals surface area contributed by atoms with Crippen molar-refractivity contribution in [3.8, 4) is 0 Å². The minimum absolute atomic E-state index is 0.0679. The highest BCUT2D eigenvalue weighted by atomic mass is 16.3. The third-order valence-electron chi connectivity index (χ3n) is 2.45. The molecule has 1 aromatic rings. The molecule has 1 heterocycles. The average molecular weight is 221 g/mol. The fourth-order valence-electron chi connectivity index (χ4n) is 1.51. The van der Waals surface area contributed by atoms with Crippen molar-refractivity contribution in [3.05, 3.63) is 36.3 Å². The highest BCUT2D eigenvalue weighted by Crippen LogP contribution is 2.12. The lowest BCUT2D eigenvalue weighted by atomic mass is 10.1. The van der Waals surface area contributed by atoms with Gasteiger partial charge < -0.3 is 10.2 Å². The Morgan fingerprint density at radius 2 is 2.19 bits per heavy atom. The molecule has 0 aliphatic carbocycles. The van der Waals surface area contributed by atoms with Crippen LogP contribution < -0.4 is 5.73 Å². The number of furan rings is 1. The first-order valence-electron chi connectivity index (χ1n) is 5.70. The topological polar surface area (TPSA) is 56.2 Å². The summed E-state index contributed by atoms with van der Waals surface area (Å²) in [6.45, 7) is 4.00. The summed E-state index contributed by atoms with van der Waals surface area (Å²) in [5, 5.41) is 0. The number of Topliss-reactive ketones (excluding diaryl/α,β-unsaturated/α-hetero) is 1. The van der Waals surface area contributed by atoms with Crippen LogP contribution in [0.1, 0.15) is 48.4 Å². The van der Waals surface area contributed by atoms with E-state index in [1.807, 2.05) is 6.08 Å². The van der Waals surface area contributed by atoms with Crippen LogP contribution >= 0.6 is 0 Å². The Kier molecular flexibility index (Phi) is 5.57. The third-order valence-corrected chi connectivity index (χ3v) is 2.45. The third kappa shape index (κ3) is 4.03. The molecule has 88 valence electrons. The molecule has 0 aliphatic heterocycles. The molecule has 0 saturated carbocycles. The number of rotatable bonds is 8. The largest absolute Gasteiger partial charge is 0.457 e. The monoisotopic (exact) mass is 221 g/mol. The van der Waals surface area contributed by atoms with Crippen LogP contribution in [-0.2, 0) is 6.54 Å². The lowest BCUT2D eigenvalue weighted by Gasteiger charge is -1.97. The van der Waals surface area contributed by atoms with Crippen molar-refractivity contribution >= 4 is 5.78 Å². The van der Waals surface area contributed by atoms with E-state index >= 15 is 0 Å². The number of allylic oxidation sites excluding steroid dienone is 1. The van der Waals surface area contributed by atoms with E-state index in [-0.39, 0.29) is 5.78 Å². The summed E-state index contributed by atoms with van der Waals surface area (Å²) in [5.74, 6) is 1.16. The van der Waals surface area contributed by atoms with E-state index in [0.29, 0.717) is 24.5 Å².